The average molecular weight is 489 g/mol. The van der Waals surface area contributed by atoms with E-state index in [1.165, 1.54) is 51.0 Å². The molecule has 36 heavy (non-hydrogen) atoms. The fraction of sp³-hybridized carbons (Fsp3) is 0.379. The van der Waals surface area contributed by atoms with Gasteiger partial charge in [-0.3, -0.25) is 19.9 Å². The molecule has 0 bridgehead atoms. The number of aromatic nitrogens is 2. The van der Waals surface area contributed by atoms with E-state index >= 15 is 0 Å². The first kappa shape index (κ1) is 26.9. The zero-order valence-electron chi connectivity index (χ0n) is 21.0. The molecule has 0 atom stereocenters. The molecule has 0 spiro atoms. The van der Waals surface area contributed by atoms with Crippen LogP contribution in [0.1, 0.15) is 86.3 Å². The molecule has 0 radical (unpaired) electrons. The van der Waals surface area contributed by atoms with Crippen LogP contribution in [-0.2, 0) is 6.42 Å². The van der Waals surface area contributed by atoms with E-state index in [-0.39, 0.29) is 17.3 Å². The van der Waals surface area contributed by atoms with Crippen LogP contribution in [0.3, 0.4) is 0 Å². The molecular formula is C29H36N4O3. The number of carbonyl (C=O) groups excluding carboxylic acids is 2. The average Bonchev–Trinajstić information content (AvgIpc) is 2.88. The van der Waals surface area contributed by atoms with Crippen molar-refractivity contribution in [3.63, 3.8) is 0 Å². The van der Waals surface area contributed by atoms with Gasteiger partial charge in [-0.2, -0.15) is 0 Å². The number of unbranched alkanes of at least 4 members (excludes halogenated alkanes) is 8. The Bertz CT molecular complexity index is 1160. The number of nitrogens with one attached hydrogen (secondary N) is 3. The molecular weight excluding hydrogens is 452 g/mol. The fourth-order valence-corrected chi connectivity index (χ4v) is 4.04. The van der Waals surface area contributed by atoms with Gasteiger partial charge in [0.15, 0.2) is 5.78 Å². The van der Waals surface area contributed by atoms with E-state index in [2.05, 4.69) is 27.5 Å². The van der Waals surface area contributed by atoms with E-state index in [9.17, 15) is 14.4 Å². The molecule has 2 amide bonds. The first-order chi connectivity index (χ1) is 17.5. The van der Waals surface area contributed by atoms with E-state index in [1.807, 2.05) is 18.2 Å². The highest BCUT2D eigenvalue weighted by Crippen LogP contribution is 2.15. The van der Waals surface area contributed by atoms with Gasteiger partial charge >= 0.3 is 6.03 Å². The van der Waals surface area contributed by atoms with E-state index in [0.29, 0.717) is 28.9 Å². The van der Waals surface area contributed by atoms with Crippen LogP contribution in [0, 0.1) is 0 Å². The summed E-state index contributed by atoms with van der Waals surface area (Å²) in [6.07, 6.45) is 11.7. The molecule has 0 unspecified atom stereocenters. The van der Waals surface area contributed by atoms with Crippen molar-refractivity contribution in [1.29, 1.82) is 0 Å². The van der Waals surface area contributed by atoms with Crippen molar-refractivity contribution in [2.24, 2.45) is 0 Å². The van der Waals surface area contributed by atoms with Crippen molar-refractivity contribution in [2.45, 2.75) is 71.1 Å². The number of rotatable bonds is 14. The SMILES string of the molecule is CCCCCCCCCCCc1cc(=O)[nH]c(NC(=O)Nc2ccc(C(=O)c3ccccc3)cc2)n1. The predicted octanol–water partition coefficient (Wildman–Crippen LogP) is 6.72. The third kappa shape index (κ3) is 9.13. The monoisotopic (exact) mass is 488 g/mol. The molecule has 3 aromatic rings. The molecule has 0 fully saturated rings. The molecule has 0 aliphatic heterocycles. The van der Waals surface area contributed by atoms with E-state index in [0.717, 1.165) is 12.8 Å². The lowest BCUT2D eigenvalue weighted by molar-refractivity contribution is 0.103. The predicted molar refractivity (Wildman–Crippen MR) is 145 cm³/mol. The lowest BCUT2D eigenvalue weighted by atomic mass is 10.0. The highest BCUT2D eigenvalue weighted by molar-refractivity contribution is 6.09. The number of ketones is 1. The second kappa shape index (κ2) is 14.6. The Kier molecular flexibility index (Phi) is 10.9. The minimum absolute atomic E-state index is 0.0860. The standard InChI is InChI=1S/C29H36N4O3/c1-2-3-4-5-6-7-8-9-13-16-25-21-26(34)32-28(30-25)33-29(36)31-24-19-17-23(18-20-24)27(35)22-14-11-10-12-15-22/h10-12,14-15,17-21H,2-9,13,16H2,1H3,(H3,30,31,32,33,34,36). The molecule has 7 nitrogen and oxygen atoms in total. The molecule has 3 rings (SSSR count). The lowest BCUT2D eigenvalue weighted by Crippen LogP contribution is -2.23. The summed E-state index contributed by atoms with van der Waals surface area (Å²) in [6, 6.07) is 16.6. The number of anilines is 2. The Morgan fingerprint density at radius 1 is 0.778 bits per heavy atom. The number of benzene rings is 2. The maximum Gasteiger partial charge on any atom is 0.326 e. The van der Waals surface area contributed by atoms with Gasteiger partial charge in [-0.05, 0) is 37.1 Å². The van der Waals surface area contributed by atoms with Crippen molar-refractivity contribution < 1.29 is 9.59 Å². The maximum absolute atomic E-state index is 12.5. The van der Waals surface area contributed by atoms with Crippen LogP contribution < -0.4 is 16.2 Å². The lowest BCUT2D eigenvalue weighted by Gasteiger charge is -2.09. The summed E-state index contributed by atoms with van der Waals surface area (Å²) < 4.78 is 0. The van der Waals surface area contributed by atoms with Crippen molar-refractivity contribution >= 4 is 23.5 Å². The first-order valence-corrected chi connectivity index (χ1v) is 12.9. The Morgan fingerprint density at radius 3 is 2.06 bits per heavy atom. The first-order valence-electron chi connectivity index (χ1n) is 12.9. The maximum atomic E-state index is 12.5. The number of urea groups is 1. The van der Waals surface area contributed by atoms with Crippen LogP contribution in [0.2, 0.25) is 0 Å². The van der Waals surface area contributed by atoms with E-state index in [1.54, 1.807) is 36.4 Å². The topological polar surface area (TPSA) is 104 Å². The minimum atomic E-state index is -0.527. The number of aromatic amines is 1. The number of nitrogens with zero attached hydrogens (tertiary/aromatic N) is 1. The van der Waals surface area contributed by atoms with Crippen LogP contribution >= 0.6 is 0 Å². The Balaban J connectivity index is 1.44. The quantitative estimate of drug-likeness (QED) is 0.173. The summed E-state index contributed by atoms with van der Waals surface area (Å²) in [6.45, 7) is 2.23. The van der Waals surface area contributed by atoms with Gasteiger partial charge in [0.25, 0.3) is 5.56 Å². The summed E-state index contributed by atoms with van der Waals surface area (Å²) in [5.74, 6) is 0.0268. The van der Waals surface area contributed by atoms with Crippen LogP contribution in [-0.4, -0.2) is 21.8 Å². The van der Waals surface area contributed by atoms with Crippen LogP contribution in [0.5, 0.6) is 0 Å². The summed E-state index contributed by atoms with van der Waals surface area (Å²) in [4.78, 5) is 43.9. The summed E-state index contributed by atoms with van der Waals surface area (Å²) in [5, 5.41) is 5.28. The second-order valence-electron chi connectivity index (χ2n) is 9.02. The normalized spacial score (nSPS) is 10.7. The van der Waals surface area contributed by atoms with Crippen molar-refractivity contribution in [2.75, 3.05) is 10.6 Å². The number of hydrogen-bond acceptors (Lipinski definition) is 4. The number of amides is 2. The zero-order chi connectivity index (χ0) is 25.6. The number of carbonyl (C=O) groups is 2. The molecule has 0 aliphatic carbocycles. The van der Waals surface area contributed by atoms with Gasteiger partial charge in [-0.1, -0.05) is 88.6 Å². The molecule has 7 heteroatoms. The molecule has 2 aromatic carbocycles. The zero-order valence-corrected chi connectivity index (χ0v) is 21.0. The van der Waals surface area contributed by atoms with Crippen LogP contribution in [0.15, 0.2) is 65.5 Å². The third-order valence-electron chi connectivity index (χ3n) is 6.00. The van der Waals surface area contributed by atoms with Gasteiger partial charge in [0.2, 0.25) is 5.95 Å². The van der Waals surface area contributed by atoms with Gasteiger partial charge in [0.1, 0.15) is 0 Å². The van der Waals surface area contributed by atoms with Gasteiger partial charge in [-0.15, -0.1) is 0 Å². The van der Waals surface area contributed by atoms with Crippen molar-refractivity contribution in [3.05, 3.63) is 87.8 Å². The molecule has 1 heterocycles. The molecule has 190 valence electrons. The Hall–Kier alpha value is -3.74. The molecule has 0 saturated carbocycles. The number of H-pyrrole nitrogens is 1. The third-order valence-corrected chi connectivity index (χ3v) is 6.00. The summed E-state index contributed by atoms with van der Waals surface area (Å²) in [7, 11) is 0. The number of hydrogen-bond donors (Lipinski definition) is 3. The largest absolute Gasteiger partial charge is 0.326 e. The molecule has 0 aliphatic rings. The van der Waals surface area contributed by atoms with Crippen molar-refractivity contribution in [3.8, 4) is 0 Å². The number of aryl methyl sites for hydroxylation is 1. The molecule has 1 aromatic heterocycles. The molecule has 0 saturated heterocycles. The van der Waals surface area contributed by atoms with Crippen molar-refractivity contribution in [1.82, 2.24) is 9.97 Å². The van der Waals surface area contributed by atoms with Gasteiger partial charge in [0, 0.05) is 28.6 Å². The van der Waals surface area contributed by atoms with Gasteiger partial charge < -0.3 is 5.32 Å². The van der Waals surface area contributed by atoms with Gasteiger partial charge in [-0.25, -0.2) is 9.78 Å². The fourth-order valence-electron chi connectivity index (χ4n) is 4.04. The van der Waals surface area contributed by atoms with Crippen LogP contribution in [0.4, 0.5) is 16.4 Å². The minimum Gasteiger partial charge on any atom is -0.308 e. The Labute approximate surface area is 212 Å². The van der Waals surface area contributed by atoms with E-state index in [4.69, 9.17) is 0 Å². The highest BCUT2D eigenvalue weighted by atomic mass is 16.2. The second-order valence-corrected chi connectivity index (χ2v) is 9.02. The summed E-state index contributed by atoms with van der Waals surface area (Å²) >= 11 is 0. The van der Waals surface area contributed by atoms with E-state index < -0.39 is 6.03 Å². The molecule has 3 N–H and O–H groups in total. The highest BCUT2D eigenvalue weighted by Gasteiger charge is 2.10. The van der Waals surface area contributed by atoms with Crippen LogP contribution in [0.25, 0.3) is 0 Å². The van der Waals surface area contributed by atoms with Gasteiger partial charge in [0.05, 0.1) is 0 Å². The smallest absolute Gasteiger partial charge is 0.308 e. The Morgan fingerprint density at radius 2 is 1.39 bits per heavy atom. The summed E-state index contributed by atoms with van der Waals surface area (Å²) in [5.41, 5.74) is 2.02.